The van der Waals surface area contributed by atoms with Gasteiger partial charge < -0.3 is 14.7 Å². The Morgan fingerprint density at radius 2 is 1.81 bits per heavy atom. The van der Waals surface area contributed by atoms with Crippen LogP contribution in [0.2, 0.25) is 5.02 Å². The molecule has 0 atom stereocenters. The number of halogens is 1. The second kappa shape index (κ2) is 9.54. The van der Waals surface area contributed by atoms with Crippen LogP contribution in [0.5, 0.6) is 0 Å². The quantitative estimate of drug-likeness (QED) is 0.632. The highest BCUT2D eigenvalue weighted by molar-refractivity contribution is 6.30. The molecule has 0 spiro atoms. The molecular weight excluding hydrogens is 428 g/mol. The summed E-state index contributed by atoms with van der Waals surface area (Å²) in [5.41, 5.74) is 4.08. The van der Waals surface area contributed by atoms with E-state index in [4.69, 9.17) is 16.1 Å². The van der Waals surface area contributed by atoms with Crippen LogP contribution in [-0.2, 0) is 4.79 Å². The van der Waals surface area contributed by atoms with Crippen molar-refractivity contribution in [2.75, 3.05) is 38.0 Å². The number of aromatic nitrogens is 1. The molecule has 1 aliphatic rings. The van der Waals surface area contributed by atoms with E-state index in [-0.39, 0.29) is 24.1 Å². The van der Waals surface area contributed by atoms with Crippen molar-refractivity contribution >= 4 is 29.1 Å². The molecule has 166 valence electrons. The minimum atomic E-state index is -0.179. The Hall–Kier alpha value is -3.16. The summed E-state index contributed by atoms with van der Waals surface area (Å²) >= 11 is 6.02. The van der Waals surface area contributed by atoms with E-state index in [2.05, 4.69) is 10.5 Å². The van der Waals surface area contributed by atoms with Crippen molar-refractivity contribution in [1.29, 1.82) is 0 Å². The summed E-state index contributed by atoms with van der Waals surface area (Å²) in [6.45, 7) is 6.59. The number of nitrogens with zero attached hydrogens (tertiary/aromatic N) is 3. The second-order valence-corrected chi connectivity index (χ2v) is 8.39. The third kappa shape index (κ3) is 5.00. The molecule has 8 heteroatoms. The van der Waals surface area contributed by atoms with E-state index in [1.165, 1.54) is 0 Å². The van der Waals surface area contributed by atoms with Gasteiger partial charge in [-0.05, 0) is 43.2 Å². The Bertz CT molecular complexity index is 1140. The lowest BCUT2D eigenvalue weighted by molar-refractivity contribution is -0.117. The number of anilines is 1. The first-order valence-electron chi connectivity index (χ1n) is 10.5. The standard InChI is InChI=1S/C24H25ClN4O3/c1-16-5-3-8-20(17(16)2)26-23(30)15-28-9-11-29(12-10-28)24(31)21-14-22(32-27-21)18-6-4-7-19(25)13-18/h3-8,13-14H,9-12,15H2,1-2H3,(H,26,30). The third-order valence-electron chi connectivity index (χ3n) is 5.74. The van der Waals surface area contributed by atoms with Crippen molar-refractivity contribution in [2.24, 2.45) is 0 Å². The molecule has 1 aliphatic heterocycles. The van der Waals surface area contributed by atoms with E-state index >= 15 is 0 Å². The van der Waals surface area contributed by atoms with Gasteiger partial charge in [-0.25, -0.2) is 0 Å². The molecule has 7 nitrogen and oxygen atoms in total. The molecule has 4 rings (SSSR count). The topological polar surface area (TPSA) is 78.7 Å². The average molecular weight is 453 g/mol. The minimum absolute atomic E-state index is 0.0545. The summed E-state index contributed by atoms with van der Waals surface area (Å²) in [7, 11) is 0. The van der Waals surface area contributed by atoms with Crippen LogP contribution in [0.4, 0.5) is 5.69 Å². The number of carbonyl (C=O) groups excluding carboxylic acids is 2. The summed E-state index contributed by atoms with van der Waals surface area (Å²) < 4.78 is 5.35. The van der Waals surface area contributed by atoms with E-state index in [1.54, 1.807) is 23.1 Å². The molecule has 0 saturated carbocycles. The zero-order valence-corrected chi connectivity index (χ0v) is 18.9. The maximum Gasteiger partial charge on any atom is 0.276 e. The van der Waals surface area contributed by atoms with Crippen molar-refractivity contribution in [1.82, 2.24) is 15.0 Å². The fourth-order valence-electron chi connectivity index (χ4n) is 3.70. The number of rotatable bonds is 5. The van der Waals surface area contributed by atoms with E-state index < -0.39 is 0 Å². The Morgan fingerprint density at radius 3 is 2.56 bits per heavy atom. The van der Waals surface area contributed by atoms with Crippen LogP contribution in [-0.4, -0.2) is 59.5 Å². The number of aryl methyl sites for hydroxylation is 1. The highest BCUT2D eigenvalue weighted by atomic mass is 35.5. The van der Waals surface area contributed by atoms with Gasteiger partial charge in [0.2, 0.25) is 5.91 Å². The summed E-state index contributed by atoms with van der Waals surface area (Å²) in [6, 6.07) is 14.7. The molecule has 32 heavy (non-hydrogen) atoms. The number of piperazine rings is 1. The Kier molecular flexibility index (Phi) is 6.58. The highest BCUT2D eigenvalue weighted by Gasteiger charge is 2.25. The molecule has 1 aromatic heterocycles. The predicted molar refractivity (Wildman–Crippen MR) is 124 cm³/mol. The highest BCUT2D eigenvalue weighted by Crippen LogP contribution is 2.24. The van der Waals surface area contributed by atoms with Gasteiger partial charge in [0.05, 0.1) is 6.54 Å². The summed E-state index contributed by atoms with van der Waals surface area (Å²) in [4.78, 5) is 29.1. The first kappa shape index (κ1) is 22.0. The fraction of sp³-hybridized carbons (Fsp3) is 0.292. The Morgan fingerprint density at radius 1 is 1.06 bits per heavy atom. The van der Waals surface area contributed by atoms with Crippen LogP contribution < -0.4 is 5.32 Å². The summed E-state index contributed by atoms with van der Waals surface area (Å²) in [6.07, 6.45) is 0. The molecule has 3 aromatic rings. The molecule has 2 amide bonds. The zero-order valence-electron chi connectivity index (χ0n) is 18.1. The Balaban J connectivity index is 1.30. The van der Waals surface area contributed by atoms with Crippen LogP contribution in [0.25, 0.3) is 11.3 Å². The van der Waals surface area contributed by atoms with Gasteiger partial charge in [0.15, 0.2) is 11.5 Å². The first-order chi connectivity index (χ1) is 15.4. The lowest BCUT2D eigenvalue weighted by Crippen LogP contribution is -2.50. The fourth-order valence-corrected chi connectivity index (χ4v) is 3.89. The van der Waals surface area contributed by atoms with E-state index in [0.717, 1.165) is 22.4 Å². The van der Waals surface area contributed by atoms with Gasteiger partial charge in [-0.15, -0.1) is 0 Å². The van der Waals surface area contributed by atoms with E-state index in [0.29, 0.717) is 37.0 Å². The number of benzene rings is 2. The monoisotopic (exact) mass is 452 g/mol. The summed E-state index contributed by atoms with van der Waals surface area (Å²) in [5.74, 6) is 0.264. The minimum Gasteiger partial charge on any atom is -0.355 e. The normalized spacial score (nSPS) is 14.4. The maximum atomic E-state index is 12.8. The molecule has 2 heterocycles. The van der Waals surface area contributed by atoms with Crippen LogP contribution in [0.15, 0.2) is 53.1 Å². The third-order valence-corrected chi connectivity index (χ3v) is 5.98. The van der Waals surface area contributed by atoms with E-state index in [1.807, 2.05) is 49.1 Å². The van der Waals surface area contributed by atoms with Crippen LogP contribution in [0.1, 0.15) is 21.6 Å². The molecule has 1 N–H and O–H groups in total. The lowest BCUT2D eigenvalue weighted by Gasteiger charge is -2.33. The molecular formula is C24H25ClN4O3. The smallest absolute Gasteiger partial charge is 0.276 e. The van der Waals surface area contributed by atoms with Gasteiger partial charge in [0, 0.05) is 48.5 Å². The van der Waals surface area contributed by atoms with E-state index in [9.17, 15) is 9.59 Å². The van der Waals surface area contributed by atoms with Crippen LogP contribution in [0, 0.1) is 13.8 Å². The lowest BCUT2D eigenvalue weighted by atomic mass is 10.1. The molecule has 1 saturated heterocycles. The molecule has 1 fully saturated rings. The van der Waals surface area contributed by atoms with Gasteiger partial charge in [-0.3, -0.25) is 14.5 Å². The number of amides is 2. The first-order valence-corrected chi connectivity index (χ1v) is 10.9. The molecule has 0 unspecified atom stereocenters. The van der Waals surface area contributed by atoms with Gasteiger partial charge in [0.1, 0.15) is 0 Å². The largest absolute Gasteiger partial charge is 0.355 e. The molecule has 0 aliphatic carbocycles. The van der Waals surface area contributed by atoms with Crippen LogP contribution in [0.3, 0.4) is 0 Å². The van der Waals surface area contributed by atoms with Crippen LogP contribution >= 0.6 is 11.6 Å². The van der Waals surface area contributed by atoms with Gasteiger partial charge in [-0.1, -0.05) is 41.0 Å². The van der Waals surface area contributed by atoms with Gasteiger partial charge >= 0.3 is 0 Å². The maximum absolute atomic E-state index is 12.8. The second-order valence-electron chi connectivity index (χ2n) is 7.95. The predicted octanol–water partition coefficient (Wildman–Crippen LogP) is 4.01. The average Bonchev–Trinajstić information content (AvgIpc) is 3.27. The van der Waals surface area contributed by atoms with Crippen molar-refractivity contribution in [2.45, 2.75) is 13.8 Å². The van der Waals surface area contributed by atoms with Crippen molar-refractivity contribution in [3.63, 3.8) is 0 Å². The van der Waals surface area contributed by atoms with Crippen molar-refractivity contribution in [3.8, 4) is 11.3 Å². The summed E-state index contributed by atoms with van der Waals surface area (Å²) in [5, 5.41) is 7.51. The SMILES string of the molecule is Cc1cccc(NC(=O)CN2CCN(C(=O)c3cc(-c4cccc(Cl)c4)on3)CC2)c1C. The molecule has 2 aromatic carbocycles. The number of hydrogen-bond acceptors (Lipinski definition) is 5. The number of hydrogen-bond donors (Lipinski definition) is 1. The Labute approximate surface area is 191 Å². The molecule has 0 bridgehead atoms. The molecule has 0 radical (unpaired) electrons. The zero-order chi connectivity index (χ0) is 22.7. The van der Waals surface area contributed by atoms with Crippen molar-refractivity contribution < 1.29 is 14.1 Å². The number of nitrogens with one attached hydrogen (secondary N) is 1. The van der Waals surface area contributed by atoms with Crippen molar-refractivity contribution in [3.05, 3.63) is 70.4 Å². The van der Waals surface area contributed by atoms with Gasteiger partial charge in [0.25, 0.3) is 5.91 Å². The number of carbonyl (C=O) groups is 2. The van der Waals surface area contributed by atoms with Gasteiger partial charge in [-0.2, -0.15) is 0 Å².